The average molecular weight is 801 g/mol. The van der Waals surface area contributed by atoms with Gasteiger partial charge in [-0.3, -0.25) is 0 Å². The summed E-state index contributed by atoms with van der Waals surface area (Å²) in [6.45, 7) is 3.00. The van der Waals surface area contributed by atoms with Gasteiger partial charge in [-0.25, -0.2) is 0 Å². The summed E-state index contributed by atoms with van der Waals surface area (Å²) in [6, 6.07) is 51.7. The molecule has 60 heavy (non-hydrogen) atoms. The van der Waals surface area contributed by atoms with Crippen molar-refractivity contribution in [2.45, 2.75) is 67.7 Å². The van der Waals surface area contributed by atoms with Crippen molar-refractivity contribution in [3.63, 3.8) is 0 Å². The van der Waals surface area contributed by atoms with Crippen LogP contribution in [-0.2, 0) is 46.0 Å². The topological polar surface area (TPSA) is 82.2 Å². The molecule has 7 heteroatoms. The van der Waals surface area contributed by atoms with E-state index >= 15 is 0 Å². The minimum atomic E-state index is -0.800. The van der Waals surface area contributed by atoms with Gasteiger partial charge in [0.25, 0.3) is 0 Å². The molecule has 4 aliphatic rings. The Morgan fingerprint density at radius 3 is 1.10 bits per heavy atom. The monoisotopic (exact) mass is 800 g/mol. The van der Waals surface area contributed by atoms with E-state index in [1.807, 2.05) is 24.3 Å². The maximum Gasteiger partial charge on any atom is 0.122 e. The lowest BCUT2D eigenvalue weighted by Crippen LogP contribution is -2.34. The second kappa shape index (κ2) is 16.8. The molecular weight excluding hydrogens is 749 g/mol. The van der Waals surface area contributed by atoms with E-state index in [1.165, 1.54) is 44.5 Å². The summed E-state index contributed by atoms with van der Waals surface area (Å²) in [7, 11) is 0. The zero-order valence-corrected chi connectivity index (χ0v) is 34.0. The number of aliphatic hydroxyl groups excluding tert-OH is 1. The molecule has 0 saturated carbocycles. The second-order valence-corrected chi connectivity index (χ2v) is 17.0. The maximum atomic E-state index is 11.0. The molecular formula is C53H52O7. The Balaban J connectivity index is 0.784. The summed E-state index contributed by atoms with van der Waals surface area (Å²) in [6.07, 6.45) is 5.52. The van der Waals surface area contributed by atoms with Gasteiger partial charge in [0.1, 0.15) is 67.7 Å². The van der Waals surface area contributed by atoms with Crippen LogP contribution in [0.2, 0.25) is 0 Å². The van der Waals surface area contributed by atoms with Gasteiger partial charge >= 0.3 is 0 Å². The molecule has 0 spiro atoms. The number of ether oxygens (including phenoxy) is 6. The normalized spacial score (nSPS) is 23.1. The van der Waals surface area contributed by atoms with Crippen LogP contribution in [0.3, 0.4) is 0 Å². The minimum Gasteiger partial charge on any atom is -0.491 e. The first-order valence-corrected chi connectivity index (χ1v) is 21.5. The van der Waals surface area contributed by atoms with Crippen molar-refractivity contribution in [3.8, 4) is 23.0 Å². The quantitative estimate of drug-likeness (QED) is 0.0980. The number of fused-ring (bicyclic) bond motifs is 2. The molecule has 2 saturated heterocycles. The van der Waals surface area contributed by atoms with Crippen LogP contribution >= 0.6 is 0 Å². The van der Waals surface area contributed by atoms with Gasteiger partial charge in [-0.15, -0.1) is 0 Å². The van der Waals surface area contributed by atoms with Gasteiger partial charge < -0.3 is 33.5 Å². The smallest absolute Gasteiger partial charge is 0.122 e. The largest absolute Gasteiger partial charge is 0.491 e. The Bertz CT molecular complexity index is 2200. The summed E-state index contributed by atoms with van der Waals surface area (Å²) < 4.78 is 34.8. The third-order valence-corrected chi connectivity index (χ3v) is 13.1. The van der Waals surface area contributed by atoms with Gasteiger partial charge in [0.05, 0.1) is 13.2 Å². The second-order valence-electron chi connectivity index (χ2n) is 17.0. The van der Waals surface area contributed by atoms with Crippen LogP contribution in [0.15, 0.2) is 146 Å². The highest BCUT2D eigenvalue weighted by atomic mass is 16.6. The van der Waals surface area contributed by atoms with Gasteiger partial charge in [-0.05, 0) is 132 Å². The Hall–Kier alpha value is -5.60. The predicted octanol–water partition coefficient (Wildman–Crippen LogP) is 9.01. The van der Waals surface area contributed by atoms with Crippen LogP contribution in [0.5, 0.6) is 23.0 Å². The molecule has 2 fully saturated rings. The van der Waals surface area contributed by atoms with Crippen LogP contribution in [0.1, 0.15) is 57.3 Å². The first kappa shape index (κ1) is 38.6. The van der Waals surface area contributed by atoms with Crippen LogP contribution < -0.4 is 18.9 Å². The first-order chi connectivity index (χ1) is 29.5. The number of hydrogen-bond donors (Lipinski definition) is 1. The Morgan fingerprint density at radius 1 is 0.450 bits per heavy atom. The van der Waals surface area contributed by atoms with Crippen molar-refractivity contribution < 1.29 is 33.5 Å². The highest BCUT2D eigenvalue weighted by Crippen LogP contribution is 2.46. The fourth-order valence-corrected chi connectivity index (χ4v) is 9.41. The van der Waals surface area contributed by atoms with Crippen LogP contribution in [0.4, 0.5) is 0 Å². The Morgan fingerprint density at radius 2 is 0.767 bits per heavy atom. The molecule has 0 amide bonds. The zero-order chi connectivity index (χ0) is 40.4. The van der Waals surface area contributed by atoms with Crippen LogP contribution in [-0.4, -0.2) is 63.1 Å². The van der Waals surface area contributed by atoms with Crippen LogP contribution in [0.25, 0.3) is 0 Å². The van der Waals surface area contributed by atoms with Crippen molar-refractivity contribution >= 4 is 0 Å². The summed E-state index contributed by atoms with van der Waals surface area (Å²) in [5.41, 5.74) is 10.3. The van der Waals surface area contributed by atoms with E-state index in [0.717, 1.165) is 74.7 Å². The molecule has 4 unspecified atom stereocenters. The molecule has 4 atom stereocenters. The third kappa shape index (κ3) is 8.40. The summed E-state index contributed by atoms with van der Waals surface area (Å²) >= 11 is 0. The van der Waals surface area contributed by atoms with E-state index in [0.29, 0.717) is 13.2 Å². The lowest BCUT2D eigenvalue weighted by molar-refractivity contribution is 0.0626. The maximum absolute atomic E-state index is 11.0. The highest BCUT2D eigenvalue weighted by Gasteiger charge is 2.39. The standard InChI is InChI=1S/C53H52O7/c54-45(31-55-46-17-9-41(10-18-46)52(27-25-37-5-1-3-7-39(37)29-52)43-13-21-48(22-14-43)57-33-50-35-59-50)32-56-47-19-11-42(12-20-47)53(28-26-38-6-2-4-8-40(38)30-53)44-15-23-49(24-16-44)58-34-51-36-60-51/h1-24,45,50-51,54H,25-36H2. The lowest BCUT2D eigenvalue weighted by Gasteiger charge is -2.40. The molecule has 1 N–H and O–H groups in total. The SMILES string of the molecule is OC(COc1ccc(C2(c3ccc(OCC4CO4)cc3)CCc3ccccc3C2)cc1)COc1ccc(C2(c3ccc(OCC4CO4)cc3)CCc3ccccc3C2)cc1. The van der Waals surface area contributed by atoms with Crippen molar-refractivity contribution in [2.24, 2.45) is 0 Å². The van der Waals surface area contributed by atoms with Crippen LogP contribution in [0, 0.1) is 0 Å². The van der Waals surface area contributed by atoms with Gasteiger partial charge in [-0.2, -0.15) is 0 Å². The van der Waals surface area contributed by atoms with E-state index < -0.39 is 6.10 Å². The predicted molar refractivity (Wildman–Crippen MR) is 232 cm³/mol. The van der Waals surface area contributed by atoms with E-state index in [9.17, 15) is 5.11 Å². The number of epoxide rings is 2. The molecule has 0 aromatic heterocycles. The number of aliphatic hydroxyl groups is 1. The van der Waals surface area contributed by atoms with E-state index in [4.69, 9.17) is 28.4 Å². The minimum absolute atomic E-state index is 0.124. The Kier molecular flexibility index (Phi) is 10.8. The fourth-order valence-electron chi connectivity index (χ4n) is 9.41. The molecule has 2 aliphatic carbocycles. The van der Waals surface area contributed by atoms with Crippen molar-refractivity contribution in [2.75, 3.05) is 39.6 Å². The Labute approximate surface area is 352 Å². The summed E-state index contributed by atoms with van der Waals surface area (Å²) in [5, 5.41) is 11.0. The molecule has 6 aromatic carbocycles. The zero-order valence-electron chi connectivity index (χ0n) is 34.0. The number of aryl methyl sites for hydroxylation is 2. The van der Waals surface area contributed by atoms with E-state index in [1.54, 1.807) is 0 Å². The number of rotatable bonds is 16. The first-order valence-electron chi connectivity index (χ1n) is 21.5. The molecule has 0 bridgehead atoms. The van der Waals surface area contributed by atoms with E-state index in [2.05, 4.69) is 121 Å². The molecule has 0 radical (unpaired) electrons. The third-order valence-electron chi connectivity index (χ3n) is 13.1. The van der Waals surface area contributed by atoms with Gasteiger partial charge in [-0.1, -0.05) is 97.1 Å². The number of hydrogen-bond acceptors (Lipinski definition) is 7. The van der Waals surface area contributed by atoms with Crippen molar-refractivity contribution in [1.29, 1.82) is 0 Å². The van der Waals surface area contributed by atoms with Gasteiger partial charge in [0.2, 0.25) is 0 Å². The highest BCUT2D eigenvalue weighted by molar-refractivity contribution is 5.50. The average Bonchev–Trinajstić information content (AvgIpc) is 4.26. The molecule has 2 heterocycles. The summed E-state index contributed by atoms with van der Waals surface area (Å²) in [4.78, 5) is 0. The summed E-state index contributed by atoms with van der Waals surface area (Å²) in [5.74, 6) is 3.17. The van der Waals surface area contributed by atoms with Gasteiger partial charge in [0, 0.05) is 10.8 Å². The molecule has 7 nitrogen and oxygen atoms in total. The van der Waals surface area contributed by atoms with E-state index in [-0.39, 0.29) is 36.3 Å². The number of benzene rings is 6. The van der Waals surface area contributed by atoms with Crippen molar-refractivity contribution in [3.05, 3.63) is 190 Å². The molecule has 2 aliphatic heterocycles. The van der Waals surface area contributed by atoms with Crippen molar-refractivity contribution in [1.82, 2.24) is 0 Å². The molecule has 6 aromatic rings. The lowest BCUT2D eigenvalue weighted by atomic mass is 9.64. The fraction of sp³-hybridized carbons (Fsp3) is 0.321. The van der Waals surface area contributed by atoms with Gasteiger partial charge in [0.15, 0.2) is 0 Å². The molecule has 306 valence electrons. The molecule has 10 rings (SSSR count).